The van der Waals surface area contributed by atoms with Gasteiger partial charge >= 0.3 is 20.4 Å². The molecule has 2 aromatic carbocycles. The number of para-hydroxylation sites is 2. The molecule has 1 heterocycles. The average Bonchev–Trinajstić information content (AvgIpc) is 3.15. The minimum atomic E-state index is 0. The van der Waals surface area contributed by atoms with Crippen LogP contribution < -0.4 is 9.80 Å². The molecule has 2 nitrogen and oxygen atoms in total. The standard InChI is InChI=1S/C27H37N2.CH3.Pd/c1-18(2)22-11-9-12-23(19(3)4)26(22)28-15-16-29(17-28)27-24(20(5)6)13-10-14-25(27)21(7)8;;/h9-21H,1-8H3;1H3;/q2*-1;+2. The first-order valence-corrected chi connectivity index (χ1v) is 11.1. The van der Waals surface area contributed by atoms with Gasteiger partial charge in [0.1, 0.15) is 0 Å². The van der Waals surface area contributed by atoms with E-state index in [0.717, 1.165) is 0 Å². The molecular formula is C28H40N2Pd. The zero-order valence-electron chi connectivity index (χ0n) is 20.7. The Bertz CT molecular complexity index is 757. The average molecular weight is 511 g/mol. The molecule has 0 bridgehead atoms. The van der Waals surface area contributed by atoms with E-state index >= 15 is 0 Å². The normalized spacial score (nSPS) is 13.4. The van der Waals surface area contributed by atoms with Gasteiger partial charge in [-0.1, -0.05) is 91.8 Å². The summed E-state index contributed by atoms with van der Waals surface area (Å²) in [4.78, 5) is 4.65. The maximum Gasteiger partial charge on any atom is 2.00 e. The molecule has 0 N–H and O–H groups in total. The Labute approximate surface area is 205 Å². The molecule has 0 aromatic heterocycles. The van der Waals surface area contributed by atoms with Crippen LogP contribution in [0.3, 0.4) is 0 Å². The van der Waals surface area contributed by atoms with E-state index in [1.54, 1.807) is 0 Å². The van der Waals surface area contributed by atoms with Crippen molar-refractivity contribution in [2.24, 2.45) is 0 Å². The van der Waals surface area contributed by atoms with E-state index in [-0.39, 0.29) is 27.8 Å². The second-order valence-electron chi connectivity index (χ2n) is 9.42. The maximum atomic E-state index is 2.33. The Morgan fingerprint density at radius 2 is 0.806 bits per heavy atom. The predicted octanol–water partition coefficient (Wildman–Crippen LogP) is 8.55. The largest absolute Gasteiger partial charge is 2.00 e. The molecule has 0 atom stereocenters. The second-order valence-corrected chi connectivity index (χ2v) is 9.42. The molecule has 3 heteroatoms. The fourth-order valence-corrected chi connectivity index (χ4v) is 4.24. The summed E-state index contributed by atoms with van der Waals surface area (Å²) in [5.74, 6) is 1.92. The van der Waals surface area contributed by atoms with Gasteiger partial charge in [-0.3, -0.25) is 0 Å². The maximum absolute atomic E-state index is 2.33. The molecule has 2 aromatic rings. The van der Waals surface area contributed by atoms with Crippen molar-refractivity contribution in [1.82, 2.24) is 0 Å². The Morgan fingerprint density at radius 1 is 0.548 bits per heavy atom. The molecule has 0 amide bonds. The molecule has 3 rings (SSSR count). The molecule has 0 aliphatic carbocycles. The van der Waals surface area contributed by atoms with Crippen LogP contribution >= 0.6 is 0 Å². The summed E-state index contributed by atoms with van der Waals surface area (Å²) < 4.78 is 0. The van der Waals surface area contributed by atoms with Gasteiger partial charge < -0.3 is 17.2 Å². The molecule has 0 fully saturated rings. The van der Waals surface area contributed by atoms with Crippen LogP contribution in [0.4, 0.5) is 11.4 Å². The number of benzene rings is 2. The van der Waals surface area contributed by atoms with Crippen molar-refractivity contribution in [3.05, 3.63) is 85.1 Å². The summed E-state index contributed by atoms with van der Waals surface area (Å²) in [7, 11) is 0. The van der Waals surface area contributed by atoms with Crippen LogP contribution in [0.5, 0.6) is 0 Å². The Kier molecular flexibility index (Phi) is 10.1. The van der Waals surface area contributed by atoms with E-state index in [1.807, 2.05) is 0 Å². The van der Waals surface area contributed by atoms with Gasteiger partial charge in [-0.2, -0.15) is 0 Å². The topological polar surface area (TPSA) is 6.48 Å². The number of nitrogens with zero attached hydrogens (tertiary/aromatic N) is 2. The molecule has 1 aliphatic rings. The van der Waals surface area contributed by atoms with Gasteiger partial charge in [-0.05, 0) is 58.3 Å². The molecule has 172 valence electrons. The first-order chi connectivity index (χ1) is 13.7. The van der Waals surface area contributed by atoms with Gasteiger partial charge in [0.15, 0.2) is 0 Å². The first kappa shape index (κ1) is 27.5. The van der Waals surface area contributed by atoms with Crippen LogP contribution in [0, 0.1) is 14.1 Å². The van der Waals surface area contributed by atoms with Crippen molar-refractivity contribution in [2.45, 2.75) is 79.1 Å². The fraction of sp³-hybridized carbons (Fsp3) is 0.429. The van der Waals surface area contributed by atoms with Crippen molar-refractivity contribution < 1.29 is 20.4 Å². The van der Waals surface area contributed by atoms with Gasteiger partial charge in [0.2, 0.25) is 0 Å². The van der Waals surface area contributed by atoms with Crippen molar-refractivity contribution in [3.63, 3.8) is 0 Å². The monoisotopic (exact) mass is 510 g/mol. The Morgan fingerprint density at radius 3 is 1.03 bits per heavy atom. The quantitative estimate of drug-likeness (QED) is 0.284. The zero-order chi connectivity index (χ0) is 21.3. The van der Waals surface area contributed by atoms with Crippen LogP contribution in [0.2, 0.25) is 0 Å². The fourth-order valence-electron chi connectivity index (χ4n) is 4.24. The SMILES string of the molecule is CC(C)c1cccc(C(C)C)c1N1C=CN(c2c(C(C)C)cccc2C(C)C)[CH-]1.[CH3-].[Pd+2]. The number of hydrogen-bond acceptors (Lipinski definition) is 2. The predicted molar refractivity (Wildman–Crippen MR) is 134 cm³/mol. The van der Waals surface area contributed by atoms with Gasteiger partial charge in [0.25, 0.3) is 0 Å². The molecule has 31 heavy (non-hydrogen) atoms. The van der Waals surface area contributed by atoms with Crippen molar-refractivity contribution in [3.8, 4) is 0 Å². The van der Waals surface area contributed by atoms with Crippen LogP contribution in [0.1, 0.15) is 101 Å². The van der Waals surface area contributed by atoms with E-state index in [4.69, 9.17) is 0 Å². The summed E-state index contributed by atoms with van der Waals surface area (Å²) in [6.07, 6.45) is 4.43. The van der Waals surface area contributed by atoms with Crippen LogP contribution in [0.25, 0.3) is 0 Å². The Hall–Kier alpha value is -1.56. The summed E-state index contributed by atoms with van der Waals surface area (Å²) in [6.45, 7) is 20.5. The van der Waals surface area contributed by atoms with Crippen LogP contribution in [-0.2, 0) is 20.4 Å². The third kappa shape index (κ3) is 5.63. The van der Waals surface area contributed by atoms with Crippen molar-refractivity contribution in [2.75, 3.05) is 9.80 Å². The van der Waals surface area contributed by atoms with Crippen molar-refractivity contribution in [1.29, 1.82) is 0 Å². The zero-order valence-corrected chi connectivity index (χ0v) is 22.3. The van der Waals surface area contributed by atoms with Crippen LogP contribution in [0.15, 0.2) is 48.8 Å². The molecule has 1 aliphatic heterocycles. The molecule has 0 saturated carbocycles. The Balaban J connectivity index is 0.00000240. The minimum Gasteiger partial charge on any atom is -0.479 e. The van der Waals surface area contributed by atoms with Crippen LogP contribution in [-0.4, -0.2) is 0 Å². The van der Waals surface area contributed by atoms with E-state index in [1.165, 1.54) is 33.6 Å². The van der Waals surface area contributed by atoms with Gasteiger partial charge in [0.05, 0.1) is 0 Å². The van der Waals surface area contributed by atoms with E-state index < -0.39 is 0 Å². The third-order valence-corrected chi connectivity index (χ3v) is 5.84. The number of anilines is 2. The van der Waals surface area contributed by atoms with E-state index in [9.17, 15) is 0 Å². The van der Waals surface area contributed by atoms with E-state index in [0.29, 0.717) is 23.7 Å². The minimum absolute atomic E-state index is 0. The number of hydrogen-bond donors (Lipinski definition) is 0. The molecule has 0 saturated heterocycles. The first-order valence-electron chi connectivity index (χ1n) is 11.1. The second kappa shape index (κ2) is 11.3. The van der Waals surface area contributed by atoms with Gasteiger partial charge in [-0.15, -0.1) is 6.67 Å². The van der Waals surface area contributed by atoms with E-state index in [2.05, 4.69) is 121 Å². The third-order valence-electron chi connectivity index (χ3n) is 5.84. The summed E-state index contributed by atoms with van der Waals surface area (Å²) in [5.41, 5.74) is 8.29. The van der Waals surface area contributed by atoms with Crippen molar-refractivity contribution >= 4 is 11.4 Å². The molecule has 0 spiro atoms. The number of rotatable bonds is 6. The summed E-state index contributed by atoms with van der Waals surface area (Å²) in [6, 6.07) is 13.5. The molecule has 0 unspecified atom stereocenters. The molecular weight excluding hydrogens is 471 g/mol. The van der Waals surface area contributed by atoms with Gasteiger partial charge in [0, 0.05) is 11.4 Å². The van der Waals surface area contributed by atoms with Gasteiger partial charge in [-0.25, -0.2) is 0 Å². The molecule has 0 radical (unpaired) electrons. The smallest absolute Gasteiger partial charge is 0.479 e. The summed E-state index contributed by atoms with van der Waals surface area (Å²) >= 11 is 0. The summed E-state index contributed by atoms with van der Waals surface area (Å²) in [5, 5.41) is 0.